The lowest BCUT2D eigenvalue weighted by Crippen LogP contribution is -2.29. The van der Waals surface area contributed by atoms with Crippen molar-refractivity contribution in [3.63, 3.8) is 0 Å². The number of nitrogens with one attached hydrogen (secondary N) is 1. The molecule has 35 heavy (non-hydrogen) atoms. The number of benzene rings is 3. The Labute approximate surface area is 208 Å². The summed E-state index contributed by atoms with van der Waals surface area (Å²) >= 11 is 0. The molecule has 0 spiro atoms. The number of rotatable bonds is 6. The van der Waals surface area contributed by atoms with Gasteiger partial charge >= 0.3 is 0 Å². The summed E-state index contributed by atoms with van der Waals surface area (Å²) in [6.07, 6.45) is 6.97. The fourth-order valence-corrected chi connectivity index (χ4v) is 6.34. The summed E-state index contributed by atoms with van der Waals surface area (Å²) in [5.41, 5.74) is 5.69. The van der Waals surface area contributed by atoms with Crippen LogP contribution in [0.5, 0.6) is 0 Å². The minimum atomic E-state index is -3.63. The third kappa shape index (κ3) is 5.04. The Morgan fingerprint density at radius 1 is 0.971 bits per heavy atom. The number of sulfonamides is 1. The van der Waals surface area contributed by atoms with Crippen LogP contribution < -0.4 is 9.62 Å². The minimum Gasteiger partial charge on any atom is -0.308 e. The van der Waals surface area contributed by atoms with Gasteiger partial charge in [-0.2, -0.15) is 0 Å². The van der Waals surface area contributed by atoms with Crippen LogP contribution in [0.25, 0.3) is 0 Å². The Hall–Kier alpha value is -2.96. The molecule has 0 radical (unpaired) electrons. The quantitative estimate of drug-likeness (QED) is 0.482. The zero-order chi connectivity index (χ0) is 24.4. The molecular formula is C29H32N2O3S. The van der Waals surface area contributed by atoms with Gasteiger partial charge in [0.2, 0.25) is 10.0 Å². The Kier molecular flexibility index (Phi) is 6.76. The SMILES string of the molecule is Cc1ccccc1C(=O)N1CCc2ccc(CNS(=O)(=O)c3ccc(C4CCCCC4)cc3)cc21. The number of aryl methyl sites for hydroxylation is 1. The molecule has 5 nitrogen and oxygen atoms in total. The lowest BCUT2D eigenvalue weighted by molar-refractivity contribution is 0.0989. The van der Waals surface area contributed by atoms with E-state index in [1.54, 1.807) is 17.0 Å². The van der Waals surface area contributed by atoms with Gasteiger partial charge in [0.15, 0.2) is 0 Å². The van der Waals surface area contributed by atoms with Gasteiger partial charge in [-0.3, -0.25) is 4.79 Å². The van der Waals surface area contributed by atoms with Crippen molar-refractivity contribution >= 4 is 21.6 Å². The van der Waals surface area contributed by atoms with Crippen LogP contribution in [0.1, 0.15) is 70.6 Å². The highest BCUT2D eigenvalue weighted by Gasteiger charge is 2.27. The molecule has 5 rings (SSSR count). The summed E-state index contributed by atoms with van der Waals surface area (Å²) in [5, 5.41) is 0. The Morgan fingerprint density at radius 2 is 1.71 bits per heavy atom. The fourth-order valence-electron chi connectivity index (χ4n) is 5.32. The summed E-state index contributed by atoms with van der Waals surface area (Å²) in [4.78, 5) is 15.3. The molecule has 2 aliphatic rings. The monoisotopic (exact) mass is 488 g/mol. The van der Waals surface area contributed by atoms with E-state index >= 15 is 0 Å². The standard InChI is InChI=1S/C29H32N2O3S/c1-21-7-5-6-10-27(21)29(32)31-18-17-25-12-11-22(19-28(25)31)20-30-35(33,34)26-15-13-24(14-16-26)23-8-3-2-4-9-23/h5-7,10-16,19,23,30H,2-4,8-9,17-18,20H2,1H3. The fraction of sp³-hybridized carbons (Fsp3) is 0.345. The zero-order valence-corrected chi connectivity index (χ0v) is 21.0. The van der Waals surface area contributed by atoms with E-state index in [9.17, 15) is 13.2 Å². The van der Waals surface area contributed by atoms with Crippen molar-refractivity contribution in [2.24, 2.45) is 0 Å². The Balaban J connectivity index is 1.28. The van der Waals surface area contributed by atoms with E-state index in [1.165, 1.54) is 37.7 Å². The van der Waals surface area contributed by atoms with Crippen LogP contribution in [0.15, 0.2) is 71.6 Å². The molecule has 3 aromatic carbocycles. The highest BCUT2D eigenvalue weighted by Crippen LogP contribution is 2.33. The molecule has 1 N–H and O–H groups in total. The predicted octanol–water partition coefficient (Wildman–Crippen LogP) is 5.72. The molecular weight excluding hydrogens is 456 g/mol. The van der Waals surface area contributed by atoms with E-state index < -0.39 is 10.0 Å². The highest BCUT2D eigenvalue weighted by molar-refractivity contribution is 7.89. The number of fused-ring (bicyclic) bond motifs is 1. The van der Waals surface area contributed by atoms with E-state index in [0.717, 1.165) is 28.8 Å². The van der Waals surface area contributed by atoms with Gasteiger partial charge in [0.25, 0.3) is 5.91 Å². The number of carbonyl (C=O) groups is 1. The summed E-state index contributed by atoms with van der Waals surface area (Å²) in [7, 11) is -3.63. The molecule has 1 saturated carbocycles. The summed E-state index contributed by atoms with van der Waals surface area (Å²) in [6.45, 7) is 2.74. The number of hydrogen-bond acceptors (Lipinski definition) is 3. The molecule has 0 unspecified atom stereocenters. The number of carbonyl (C=O) groups excluding carboxylic acids is 1. The van der Waals surface area contributed by atoms with E-state index in [4.69, 9.17) is 0 Å². The molecule has 0 atom stereocenters. The predicted molar refractivity (Wildman–Crippen MR) is 139 cm³/mol. The van der Waals surface area contributed by atoms with Crippen molar-refractivity contribution in [2.75, 3.05) is 11.4 Å². The molecule has 0 saturated heterocycles. The molecule has 3 aromatic rings. The highest BCUT2D eigenvalue weighted by atomic mass is 32.2. The van der Waals surface area contributed by atoms with Crippen molar-refractivity contribution in [2.45, 2.75) is 62.8 Å². The molecule has 0 bridgehead atoms. The third-order valence-electron chi connectivity index (χ3n) is 7.40. The average molecular weight is 489 g/mol. The van der Waals surface area contributed by atoms with Gasteiger partial charge in [-0.25, -0.2) is 13.1 Å². The van der Waals surface area contributed by atoms with Gasteiger partial charge in [-0.05, 0) is 78.6 Å². The van der Waals surface area contributed by atoms with Crippen LogP contribution in [0.3, 0.4) is 0 Å². The first-order valence-electron chi connectivity index (χ1n) is 12.5. The minimum absolute atomic E-state index is 0.0161. The molecule has 6 heteroatoms. The van der Waals surface area contributed by atoms with E-state index in [-0.39, 0.29) is 17.3 Å². The van der Waals surface area contributed by atoms with Crippen molar-refractivity contribution in [1.29, 1.82) is 0 Å². The van der Waals surface area contributed by atoms with Crippen LogP contribution in [0.4, 0.5) is 5.69 Å². The Bertz CT molecular complexity index is 1330. The average Bonchev–Trinajstić information content (AvgIpc) is 3.31. The largest absolute Gasteiger partial charge is 0.308 e. The topological polar surface area (TPSA) is 66.5 Å². The van der Waals surface area contributed by atoms with Crippen molar-refractivity contribution in [1.82, 2.24) is 4.72 Å². The number of hydrogen-bond donors (Lipinski definition) is 1. The van der Waals surface area contributed by atoms with E-state index in [0.29, 0.717) is 18.0 Å². The normalized spacial score (nSPS) is 16.3. The second-order valence-electron chi connectivity index (χ2n) is 9.71. The van der Waals surface area contributed by atoms with Crippen molar-refractivity contribution in [3.05, 3.63) is 94.5 Å². The first-order valence-corrected chi connectivity index (χ1v) is 14.0. The smallest absolute Gasteiger partial charge is 0.258 e. The number of amides is 1. The molecule has 182 valence electrons. The molecule has 1 amide bonds. The van der Waals surface area contributed by atoms with Gasteiger partial charge in [0.05, 0.1) is 4.90 Å². The van der Waals surface area contributed by atoms with Crippen molar-refractivity contribution < 1.29 is 13.2 Å². The van der Waals surface area contributed by atoms with Gasteiger partial charge in [-0.1, -0.05) is 61.7 Å². The molecule has 0 aromatic heterocycles. The van der Waals surface area contributed by atoms with Gasteiger partial charge in [0, 0.05) is 24.3 Å². The third-order valence-corrected chi connectivity index (χ3v) is 8.82. The lowest BCUT2D eigenvalue weighted by Gasteiger charge is -2.22. The van der Waals surface area contributed by atoms with Gasteiger partial charge in [0.1, 0.15) is 0 Å². The number of nitrogens with zero attached hydrogens (tertiary/aromatic N) is 1. The maximum absolute atomic E-state index is 13.2. The van der Waals surface area contributed by atoms with Gasteiger partial charge in [-0.15, -0.1) is 0 Å². The Morgan fingerprint density at radius 3 is 2.46 bits per heavy atom. The first-order chi connectivity index (χ1) is 16.9. The first kappa shape index (κ1) is 23.8. The maximum atomic E-state index is 13.2. The summed E-state index contributed by atoms with van der Waals surface area (Å²) in [5.74, 6) is 0.530. The summed E-state index contributed by atoms with van der Waals surface area (Å²) < 4.78 is 28.6. The van der Waals surface area contributed by atoms with Crippen LogP contribution in [0, 0.1) is 6.92 Å². The molecule has 1 fully saturated rings. The second kappa shape index (κ2) is 9.96. The number of anilines is 1. The molecule has 1 heterocycles. The van der Waals surface area contributed by atoms with Crippen LogP contribution in [-0.2, 0) is 23.0 Å². The second-order valence-corrected chi connectivity index (χ2v) is 11.5. The van der Waals surface area contributed by atoms with Crippen LogP contribution in [0.2, 0.25) is 0 Å². The van der Waals surface area contributed by atoms with Crippen LogP contribution in [-0.4, -0.2) is 20.9 Å². The molecule has 1 aliphatic carbocycles. The zero-order valence-electron chi connectivity index (χ0n) is 20.2. The van der Waals surface area contributed by atoms with E-state index in [1.807, 2.05) is 61.5 Å². The maximum Gasteiger partial charge on any atom is 0.258 e. The van der Waals surface area contributed by atoms with Gasteiger partial charge < -0.3 is 4.90 Å². The lowest BCUT2D eigenvalue weighted by atomic mass is 9.84. The molecule has 1 aliphatic heterocycles. The van der Waals surface area contributed by atoms with Crippen LogP contribution >= 0.6 is 0 Å². The summed E-state index contributed by atoms with van der Waals surface area (Å²) in [6, 6.07) is 20.9. The van der Waals surface area contributed by atoms with E-state index in [2.05, 4.69) is 4.72 Å². The van der Waals surface area contributed by atoms with Crippen molar-refractivity contribution in [3.8, 4) is 0 Å².